The van der Waals surface area contributed by atoms with Gasteiger partial charge in [0.05, 0.1) is 16.8 Å². The van der Waals surface area contributed by atoms with E-state index in [0.717, 1.165) is 15.9 Å². The molecular weight excluding hydrogens is 258 g/mol. The van der Waals surface area contributed by atoms with Crippen LogP contribution in [0.15, 0.2) is 35.2 Å². The highest BCUT2D eigenvalue weighted by atomic mass is 79.9. The van der Waals surface area contributed by atoms with Crippen molar-refractivity contribution in [2.75, 3.05) is 0 Å². The first kappa shape index (κ1) is 10.3. The van der Waals surface area contributed by atoms with Gasteiger partial charge in [0.2, 0.25) is 0 Å². The lowest BCUT2D eigenvalue weighted by molar-refractivity contribution is 0.199. The summed E-state index contributed by atoms with van der Waals surface area (Å²) in [6.07, 6.45) is 4.68. The molecule has 0 unspecified atom stereocenters. The van der Waals surface area contributed by atoms with E-state index in [9.17, 15) is 5.11 Å². The molecule has 4 nitrogen and oxygen atoms in total. The van der Waals surface area contributed by atoms with Gasteiger partial charge in [0.15, 0.2) is 5.82 Å². The van der Waals surface area contributed by atoms with Crippen molar-refractivity contribution in [1.29, 1.82) is 0 Å². The summed E-state index contributed by atoms with van der Waals surface area (Å²) >= 11 is 3.32. The van der Waals surface area contributed by atoms with E-state index in [1.54, 1.807) is 24.0 Å². The van der Waals surface area contributed by atoms with Crippen molar-refractivity contribution >= 4 is 15.9 Å². The Morgan fingerprint density at radius 3 is 2.67 bits per heavy atom. The van der Waals surface area contributed by atoms with Gasteiger partial charge in [-0.2, -0.15) is 5.10 Å². The molecule has 0 bridgehead atoms. The number of pyridine rings is 1. The van der Waals surface area contributed by atoms with Crippen molar-refractivity contribution in [3.05, 3.63) is 40.8 Å². The molecule has 2 aromatic rings. The van der Waals surface area contributed by atoms with Crippen molar-refractivity contribution in [3.63, 3.8) is 0 Å². The SMILES string of the molecule is C[C@@H](O)c1ccc(-n2cc(Br)cn2)nc1. The van der Waals surface area contributed by atoms with Crippen LogP contribution < -0.4 is 0 Å². The molecule has 0 saturated carbocycles. The highest BCUT2D eigenvalue weighted by Gasteiger charge is 2.03. The lowest BCUT2D eigenvalue weighted by Crippen LogP contribution is -1.99. The molecule has 0 aliphatic carbocycles. The number of aliphatic hydroxyl groups excluding tert-OH is 1. The van der Waals surface area contributed by atoms with Crippen molar-refractivity contribution in [2.24, 2.45) is 0 Å². The summed E-state index contributed by atoms with van der Waals surface area (Å²) in [5.41, 5.74) is 0.796. The highest BCUT2D eigenvalue weighted by Crippen LogP contribution is 2.14. The van der Waals surface area contributed by atoms with Crippen LogP contribution in [-0.4, -0.2) is 19.9 Å². The predicted octanol–water partition coefficient (Wildman–Crippen LogP) is 2.08. The summed E-state index contributed by atoms with van der Waals surface area (Å²) in [5, 5.41) is 13.4. The second-order valence-corrected chi connectivity index (χ2v) is 4.14. The maximum Gasteiger partial charge on any atom is 0.153 e. The lowest BCUT2D eigenvalue weighted by atomic mass is 10.2. The van der Waals surface area contributed by atoms with E-state index in [1.807, 2.05) is 18.3 Å². The third kappa shape index (κ3) is 2.24. The van der Waals surface area contributed by atoms with E-state index in [0.29, 0.717) is 0 Å². The Bertz CT molecular complexity index is 450. The van der Waals surface area contributed by atoms with Crippen LogP contribution in [-0.2, 0) is 0 Å². The van der Waals surface area contributed by atoms with Crippen LogP contribution >= 0.6 is 15.9 Å². The molecule has 0 aliphatic rings. The number of rotatable bonds is 2. The number of nitrogens with zero attached hydrogens (tertiary/aromatic N) is 3. The zero-order valence-electron chi connectivity index (χ0n) is 8.13. The van der Waals surface area contributed by atoms with Crippen LogP contribution in [0.2, 0.25) is 0 Å². The minimum Gasteiger partial charge on any atom is -0.389 e. The molecule has 0 spiro atoms. The molecule has 2 aromatic heterocycles. The van der Waals surface area contributed by atoms with Crippen LogP contribution in [0.25, 0.3) is 5.82 Å². The second-order valence-electron chi connectivity index (χ2n) is 3.23. The summed E-state index contributed by atoms with van der Waals surface area (Å²) < 4.78 is 2.57. The number of aliphatic hydroxyl groups is 1. The molecule has 5 heteroatoms. The molecule has 2 heterocycles. The topological polar surface area (TPSA) is 50.9 Å². The van der Waals surface area contributed by atoms with Gasteiger partial charge in [0.25, 0.3) is 0 Å². The number of hydrogen-bond acceptors (Lipinski definition) is 3. The fourth-order valence-electron chi connectivity index (χ4n) is 1.21. The molecule has 0 amide bonds. The maximum atomic E-state index is 9.32. The van der Waals surface area contributed by atoms with Crippen LogP contribution in [0, 0.1) is 0 Å². The molecule has 1 atom stereocenters. The fraction of sp³-hybridized carbons (Fsp3) is 0.200. The molecule has 2 rings (SSSR count). The van der Waals surface area contributed by atoms with E-state index in [4.69, 9.17) is 0 Å². The third-order valence-electron chi connectivity index (χ3n) is 2.04. The molecule has 0 fully saturated rings. The van der Waals surface area contributed by atoms with Gasteiger partial charge < -0.3 is 5.11 Å². The van der Waals surface area contributed by atoms with Crippen LogP contribution in [0.1, 0.15) is 18.6 Å². The Hall–Kier alpha value is -1.20. The first-order valence-electron chi connectivity index (χ1n) is 4.51. The Kier molecular flexibility index (Phi) is 2.83. The fourth-order valence-corrected chi connectivity index (χ4v) is 1.49. The number of aromatic nitrogens is 3. The van der Waals surface area contributed by atoms with Crippen LogP contribution in [0.5, 0.6) is 0 Å². The molecule has 0 aromatic carbocycles. The molecule has 15 heavy (non-hydrogen) atoms. The van der Waals surface area contributed by atoms with Gasteiger partial charge in [-0.1, -0.05) is 6.07 Å². The summed E-state index contributed by atoms with van der Waals surface area (Å²) in [6, 6.07) is 3.66. The summed E-state index contributed by atoms with van der Waals surface area (Å²) in [5.74, 6) is 0.727. The molecular formula is C10H10BrN3O. The average molecular weight is 268 g/mol. The van der Waals surface area contributed by atoms with Gasteiger partial charge in [0, 0.05) is 12.4 Å². The van der Waals surface area contributed by atoms with Crippen LogP contribution in [0.3, 0.4) is 0 Å². The van der Waals surface area contributed by atoms with Gasteiger partial charge >= 0.3 is 0 Å². The van der Waals surface area contributed by atoms with Crippen molar-refractivity contribution in [2.45, 2.75) is 13.0 Å². The summed E-state index contributed by atoms with van der Waals surface area (Å²) in [6.45, 7) is 1.71. The molecule has 78 valence electrons. The first-order chi connectivity index (χ1) is 7.16. The Morgan fingerprint density at radius 2 is 2.20 bits per heavy atom. The standard InChI is InChI=1S/C10H10BrN3O/c1-7(15)8-2-3-10(12-4-8)14-6-9(11)5-13-14/h2-7,15H,1H3/t7-/m1/s1. The lowest BCUT2D eigenvalue weighted by Gasteiger charge is -2.04. The quantitative estimate of drug-likeness (QED) is 0.907. The molecule has 0 aliphatic heterocycles. The Morgan fingerprint density at radius 1 is 1.40 bits per heavy atom. The van der Waals surface area contributed by atoms with E-state index in [1.165, 1.54) is 0 Å². The minimum atomic E-state index is -0.490. The Labute approximate surface area is 95.7 Å². The van der Waals surface area contributed by atoms with E-state index in [2.05, 4.69) is 26.0 Å². The van der Waals surface area contributed by atoms with Crippen molar-refractivity contribution in [1.82, 2.24) is 14.8 Å². The van der Waals surface area contributed by atoms with Crippen molar-refractivity contribution in [3.8, 4) is 5.82 Å². The minimum absolute atomic E-state index is 0.490. The first-order valence-corrected chi connectivity index (χ1v) is 5.30. The normalized spacial score (nSPS) is 12.7. The van der Waals surface area contributed by atoms with Crippen molar-refractivity contribution < 1.29 is 5.11 Å². The zero-order valence-corrected chi connectivity index (χ0v) is 9.72. The van der Waals surface area contributed by atoms with E-state index in [-0.39, 0.29) is 0 Å². The predicted molar refractivity (Wildman–Crippen MR) is 59.7 cm³/mol. The molecule has 0 radical (unpaired) electrons. The van der Waals surface area contributed by atoms with E-state index < -0.39 is 6.10 Å². The van der Waals surface area contributed by atoms with Gasteiger partial charge in [-0.25, -0.2) is 9.67 Å². The maximum absolute atomic E-state index is 9.32. The summed E-state index contributed by atoms with van der Waals surface area (Å²) in [4.78, 5) is 4.20. The van der Waals surface area contributed by atoms with Crippen LogP contribution in [0.4, 0.5) is 0 Å². The van der Waals surface area contributed by atoms with Gasteiger partial charge in [-0.05, 0) is 34.5 Å². The number of halogens is 1. The zero-order chi connectivity index (χ0) is 10.8. The highest BCUT2D eigenvalue weighted by molar-refractivity contribution is 9.10. The van der Waals surface area contributed by atoms with Gasteiger partial charge in [-0.3, -0.25) is 0 Å². The second kappa shape index (κ2) is 4.12. The smallest absolute Gasteiger partial charge is 0.153 e. The molecule has 0 saturated heterocycles. The van der Waals surface area contributed by atoms with Gasteiger partial charge in [-0.15, -0.1) is 0 Å². The van der Waals surface area contributed by atoms with Gasteiger partial charge in [0.1, 0.15) is 0 Å². The molecule has 1 N–H and O–H groups in total. The number of hydrogen-bond donors (Lipinski definition) is 1. The van der Waals surface area contributed by atoms with E-state index >= 15 is 0 Å². The third-order valence-corrected chi connectivity index (χ3v) is 2.45. The average Bonchev–Trinajstić information content (AvgIpc) is 2.65. The Balaban J connectivity index is 2.31. The monoisotopic (exact) mass is 267 g/mol. The largest absolute Gasteiger partial charge is 0.389 e. The summed E-state index contributed by atoms with van der Waals surface area (Å²) in [7, 11) is 0.